The van der Waals surface area contributed by atoms with Crippen LogP contribution in [0, 0.1) is 0 Å². The predicted molar refractivity (Wildman–Crippen MR) is 5.75 cm³/mol. The van der Waals surface area contributed by atoms with Crippen molar-refractivity contribution in [2.24, 2.45) is 0 Å². The fraction of sp³-hybridized carbons (Fsp3) is 0. The smallest absolute Gasteiger partial charge is 1.00 e. The maximum absolute atomic E-state index is 8.42. The normalized spacial score (nSPS) is 3.86. The summed E-state index contributed by atoms with van der Waals surface area (Å²) >= 11 is 0. The van der Waals surface area contributed by atoms with E-state index < -0.39 is 7.32 Å². The second kappa shape index (κ2) is 15.7. The van der Waals surface area contributed by atoms with Crippen LogP contribution in [0.15, 0.2) is 0 Å². The molecule has 0 aliphatic carbocycles. The molecule has 7 heteroatoms. The van der Waals surface area contributed by atoms with Crippen LogP contribution in [0.4, 0.5) is 0 Å². The van der Waals surface area contributed by atoms with E-state index in [1.54, 1.807) is 0 Å². The van der Waals surface area contributed by atoms with Gasteiger partial charge in [0, 0.05) is 0 Å². The summed E-state index contributed by atoms with van der Waals surface area (Å²) in [5.74, 6) is 0. The van der Waals surface area contributed by atoms with Crippen LogP contribution in [-0.2, 0) is 34.1 Å². The molecule has 0 spiro atoms. The topological polar surface area (TPSA) is 69.2 Å². The summed E-state index contributed by atoms with van der Waals surface area (Å²) in [5.41, 5.74) is 0. The van der Waals surface area contributed by atoms with Gasteiger partial charge in [0.2, 0.25) is 0 Å². The van der Waals surface area contributed by atoms with Crippen LogP contribution in [-0.4, -0.2) is 7.32 Å². The van der Waals surface area contributed by atoms with Gasteiger partial charge in [-0.1, -0.05) is 0 Å². The van der Waals surface area contributed by atoms with Gasteiger partial charge in [0.05, 0.1) is 0 Å². The molecule has 0 aromatic heterocycles. The van der Waals surface area contributed by atoms with Crippen molar-refractivity contribution >= 4 is 7.32 Å². The molecular formula is BClMn2O3. The molecule has 0 N–H and O–H groups in total. The Bertz CT molecular complexity index is 17.7. The van der Waals surface area contributed by atoms with E-state index in [0.29, 0.717) is 0 Å². The molecule has 0 saturated heterocycles. The summed E-state index contributed by atoms with van der Waals surface area (Å²) in [7, 11) is -2.92. The van der Waals surface area contributed by atoms with Gasteiger partial charge in [0.15, 0.2) is 0 Å². The SMILES string of the molecule is [Cl-].[Mn+2].[Mn+2].[O-]B([O-])[O-]. The van der Waals surface area contributed by atoms with Gasteiger partial charge in [-0.25, -0.2) is 0 Å². The zero-order chi connectivity index (χ0) is 3.58. The zero-order valence-electron chi connectivity index (χ0n) is 2.94. The molecule has 42 valence electrons. The van der Waals surface area contributed by atoms with Gasteiger partial charge < -0.3 is 27.5 Å². The van der Waals surface area contributed by atoms with E-state index in [1.807, 2.05) is 0 Å². The first-order chi connectivity index (χ1) is 1.73. The van der Waals surface area contributed by atoms with Crippen LogP contribution < -0.4 is 27.5 Å². The number of rotatable bonds is 0. The van der Waals surface area contributed by atoms with E-state index in [4.69, 9.17) is 15.1 Å². The molecule has 0 unspecified atom stereocenters. The Labute approximate surface area is 69.0 Å². The minimum absolute atomic E-state index is 0. The van der Waals surface area contributed by atoms with Crippen LogP contribution >= 0.6 is 0 Å². The molecular weight excluding hydrogens is 204 g/mol. The summed E-state index contributed by atoms with van der Waals surface area (Å²) in [4.78, 5) is 0. The van der Waals surface area contributed by atoms with Crippen molar-refractivity contribution in [1.82, 2.24) is 0 Å². The third kappa shape index (κ3) is 125. The zero-order valence-corrected chi connectivity index (χ0v) is 6.05. The third-order valence-corrected chi connectivity index (χ3v) is 0. The van der Waals surface area contributed by atoms with Gasteiger partial charge in [0.25, 0.3) is 0 Å². The van der Waals surface area contributed by atoms with Crippen LogP contribution in [0.1, 0.15) is 0 Å². The van der Waals surface area contributed by atoms with E-state index in [0.717, 1.165) is 0 Å². The van der Waals surface area contributed by atoms with Crippen LogP contribution in [0.2, 0.25) is 0 Å². The van der Waals surface area contributed by atoms with E-state index >= 15 is 0 Å². The molecule has 0 aliphatic heterocycles. The average Bonchev–Trinajstić information content (AvgIpc) is 0.811. The van der Waals surface area contributed by atoms with Crippen molar-refractivity contribution in [2.45, 2.75) is 0 Å². The van der Waals surface area contributed by atoms with Gasteiger partial charge in [0.1, 0.15) is 0 Å². The third-order valence-electron chi connectivity index (χ3n) is 0. The number of halogens is 1. The largest absolute Gasteiger partial charge is 2.00 e. The molecule has 0 rings (SSSR count). The molecule has 2 radical (unpaired) electrons. The second-order valence-corrected chi connectivity index (χ2v) is 0.289. The minimum atomic E-state index is -2.92. The maximum atomic E-state index is 8.42. The molecule has 0 aliphatic rings. The molecule has 0 amide bonds. The van der Waals surface area contributed by atoms with Crippen molar-refractivity contribution in [2.75, 3.05) is 0 Å². The van der Waals surface area contributed by atoms with Gasteiger partial charge in [-0.2, -0.15) is 0 Å². The Morgan fingerprint density at radius 1 is 0.857 bits per heavy atom. The van der Waals surface area contributed by atoms with Gasteiger partial charge >= 0.3 is 34.1 Å². The van der Waals surface area contributed by atoms with Crippen molar-refractivity contribution in [1.29, 1.82) is 0 Å². The molecule has 0 aromatic rings. The first kappa shape index (κ1) is 24.0. The summed E-state index contributed by atoms with van der Waals surface area (Å²) < 4.78 is 0. The quantitative estimate of drug-likeness (QED) is 0.368. The van der Waals surface area contributed by atoms with Crippen molar-refractivity contribution in [3.8, 4) is 0 Å². The Hall–Kier alpha value is 1.27. The second-order valence-electron chi connectivity index (χ2n) is 0.289. The molecule has 3 nitrogen and oxygen atoms in total. The summed E-state index contributed by atoms with van der Waals surface area (Å²) in [6.45, 7) is 0. The molecule has 7 heavy (non-hydrogen) atoms. The van der Waals surface area contributed by atoms with Gasteiger partial charge in [-0.15, -0.1) is 0 Å². The first-order valence-corrected chi connectivity index (χ1v) is 0.707. The number of hydrogen-bond acceptors (Lipinski definition) is 3. The van der Waals surface area contributed by atoms with E-state index in [-0.39, 0.29) is 46.5 Å². The minimum Gasteiger partial charge on any atom is -1.00 e. The average molecular weight is 204 g/mol. The standard InChI is InChI=1S/BO3.ClH.2Mn/c2-1(3)4;;;/h;1H;;/q-3;;2*+2/p-1. The Morgan fingerprint density at radius 3 is 0.857 bits per heavy atom. The monoisotopic (exact) mass is 204 g/mol. The summed E-state index contributed by atoms with van der Waals surface area (Å²) in [5, 5.41) is 25.2. The molecule has 0 fully saturated rings. The Morgan fingerprint density at radius 2 is 0.857 bits per heavy atom. The molecule has 0 saturated carbocycles. The first-order valence-electron chi connectivity index (χ1n) is 0.707. The van der Waals surface area contributed by atoms with Crippen molar-refractivity contribution < 1.29 is 61.6 Å². The van der Waals surface area contributed by atoms with Gasteiger partial charge in [-0.05, 0) is 0 Å². The van der Waals surface area contributed by atoms with E-state index in [1.165, 1.54) is 0 Å². The predicted octanol–water partition coefficient (Wildman–Crippen LogP) is -6.95. The summed E-state index contributed by atoms with van der Waals surface area (Å²) in [6.07, 6.45) is 0. The summed E-state index contributed by atoms with van der Waals surface area (Å²) in [6, 6.07) is 0. The van der Waals surface area contributed by atoms with Crippen molar-refractivity contribution in [3.05, 3.63) is 0 Å². The molecule has 0 atom stereocenters. The fourth-order valence-electron chi connectivity index (χ4n) is 0. The Balaban J connectivity index is -0.0000000150. The van der Waals surface area contributed by atoms with Crippen LogP contribution in [0.5, 0.6) is 0 Å². The van der Waals surface area contributed by atoms with E-state index in [2.05, 4.69) is 0 Å². The maximum Gasteiger partial charge on any atom is 2.00 e. The Kier molecular flexibility index (Phi) is 53.7. The van der Waals surface area contributed by atoms with Crippen LogP contribution in [0.25, 0.3) is 0 Å². The van der Waals surface area contributed by atoms with E-state index in [9.17, 15) is 0 Å². The molecule has 0 aromatic carbocycles. The molecule has 0 bridgehead atoms. The van der Waals surface area contributed by atoms with Gasteiger partial charge in [-0.3, -0.25) is 7.32 Å². The number of hydrogen-bond donors (Lipinski definition) is 0. The van der Waals surface area contributed by atoms with Crippen molar-refractivity contribution in [3.63, 3.8) is 0 Å². The van der Waals surface area contributed by atoms with Crippen LogP contribution in [0.3, 0.4) is 0 Å². The molecule has 0 heterocycles. The fourth-order valence-corrected chi connectivity index (χ4v) is 0.